The van der Waals surface area contributed by atoms with E-state index in [0.717, 1.165) is 30.3 Å². The molecule has 3 aromatic heterocycles. The molecule has 1 saturated heterocycles. The van der Waals surface area contributed by atoms with Crippen molar-refractivity contribution in [2.45, 2.75) is 6.92 Å². The van der Waals surface area contributed by atoms with Crippen LogP contribution in [0.4, 0.5) is 17.5 Å². The van der Waals surface area contributed by atoms with E-state index >= 15 is 0 Å². The normalized spacial score (nSPS) is 14.0. The summed E-state index contributed by atoms with van der Waals surface area (Å²) in [5.41, 5.74) is 1.80. The number of nitrogens with one attached hydrogen (secondary N) is 1. The van der Waals surface area contributed by atoms with E-state index in [1.807, 2.05) is 30.0 Å². The quantitative estimate of drug-likeness (QED) is 0.748. The Morgan fingerprint density at radius 1 is 0.929 bits per heavy atom. The number of piperazine rings is 1. The molecular formula is C20H21N7O. The lowest BCUT2D eigenvalue weighted by molar-refractivity contribution is 0.0746. The maximum absolute atomic E-state index is 12.6. The molecule has 4 heterocycles. The second kappa shape index (κ2) is 7.99. The zero-order valence-electron chi connectivity index (χ0n) is 15.6. The Morgan fingerprint density at radius 2 is 1.68 bits per heavy atom. The molecule has 142 valence electrons. The first kappa shape index (κ1) is 17.8. The van der Waals surface area contributed by atoms with Crippen LogP contribution in [0.2, 0.25) is 0 Å². The molecule has 3 aromatic rings. The fourth-order valence-electron chi connectivity index (χ4n) is 3.14. The number of carbonyl (C=O) groups is 1. The van der Waals surface area contributed by atoms with E-state index in [4.69, 9.17) is 0 Å². The van der Waals surface area contributed by atoms with Gasteiger partial charge in [0.1, 0.15) is 23.8 Å². The molecule has 0 saturated carbocycles. The predicted octanol–water partition coefficient (Wildman–Crippen LogP) is 2.28. The first-order valence-corrected chi connectivity index (χ1v) is 9.15. The molecule has 8 nitrogen and oxygen atoms in total. The fraction of sp³-hybridized carbons (Fsp3) is 0.250. The number of aromatic nitrogens is 4. The van der Waals surface area contributed by atoms with Crippen LogP contribution >= 0.6 is 0 Å². The minimum atomic E-state index is 0.0395. The molecule has 0 unspecified atom stereocenters. The molecule has 0 radical (unpaired) electrons. The minimum Gasteiger partial charge on any atom is -0.353 e. The second-order valence-electron chi connectivity index (χ2n) is 6.62. The third-order valence-electron chi connectivity index (χ3n) is 4.64. The Bertz CT molecular complexity index is 956. The lowest BCUT2D eigenvalue weighted by Crippen LogP contribution is -2.49. The van der Waals surface area contributed by atoms with Crippen LogP contribution in [0.1, 0.15) is 15.9 Å². The topological polar surface area (TPSA) is 87.1 Å². The van der Waals surface area contributed by atoms with Crippen molar-refractivity contribution in [2.75, 3.05) is 36.4 Å². The molecule has 4 rings (SSSR count). The van der Waals surface area contributed by atoms with Crippen molar-refractivity contribution < 1.29 is 4.79 Å². The smallest absolute Gasteiger partial charge is 0.254 e. The van der Waals surface area contributed by atoms with E-state index in [1.165, 1.54) is 0 Å². The summed E-state index contributed by atoms with van der Waals surface area (Å²) in [7, 11) is 0. The number of rotatable bonds is 4. The standard InChI is InChI=1S/C20H21N7O/c1-15-2-7-22-17(12-15)25-18-13-19(24-14-23-18)26-8-10-27(11-9-26)20(28)16-3-5-21-6-4-16/h2-7,12-14H,8-11H2,1H3,(H,22,23,24,25). The molecule has 1 amide bonds. The molecule has 0 spiro atoms. The Kier molecular flexibility index (Phi) is 5.09. The molecule has 1 aliphatic rings. The van der Waals surface area contributed by atoms with Gasteiger partial charge in [0.25, 0.3) is 5.91 Å². The van der Waals surface area contributed by atoms with Gasteiger partial charge in [0.2, 0.25) is 0 Å². The van der Waals surface area contributed by atoms with E-state index < -0.39 is 0 Å². The Morgan fingerprint density at radius 3 is 2.43 bits per heavy atom. The molecular weight excluding hydrogens is 354 g/mol. The van der Waals surface area contributed by atoms with Crippen molar-refractivity contribution >= 4 is 23.4 Å². The number of aryl methyl sites for hydroxylation is 1. The maximum Gasteiger partial charge on any atom is 0.254 e. The third-order valence-corrected chi connectivity index (χ3v) is 4.64. The summed E-state index contributed by atoms with van der Waals surface area (Å²) in [6.07, 6.45) is 6.59. The zero-order chi connectivity index (χ0) is 19.3. The van der Waals surface area contributed by atoms with Gasteiger partial charge >= 0.3 is 0 Å². The summed E-state index contributed by atoms with van der Waals surface area (Å²) >= 11 is 0. The SMILES string of the molecule is Cc1ccnc(Nc2cc(N3CCN(C(=O)c4ccncc4)CC3)ncn2)c1. The van der Waals surface area contributed by atoms with Crippen molar-refractivity contribution in [3.05, 3.63) is 66.4 Å². The first-order chi connectivity index (χ1) is 13.7. The largest absolute Gasteiger partial charge is 0.353 e. The number of pyridine rings is 2. The molecule has 0 bridgehead atoms. The van der Waals surface area contributed by atoms with Gasteiger partial charge < -0.3 is 15.1 Å². The summed E-state index contributed by atoms with van der Waals surface area (Å²) in [5, 5.41) is 3.21. The molecule has 0 aliphatic carbocycles. The number of carbonyl (C=O) groups excluding carboxylic acids is 1. The number of hydrogen-bond donors (Lipinski definition) is 1. The second-order valence-corrected chi connectivity index (χ2v) is 6.62. The molecule has 0 atom stereocenters. The van der Waals surface area contributed by atoms with Crippen molar-refractivity contribution in [2.24, 2.45) is 0 Å². The number of amides is 1. The van der Waals surface area contributed by atoms with E-state index in [9.17, 15) is 4.79 Å². The molecule has 8 heteroatoms. The lowest BCUT2D eigenvalue weighted by atomic mass is 10.2. The molecule has 28 heavy (non-hydrogen) atoms. The van der Waals surface area contributed by atoms with Crippen LogP contribution < -0.4 is 10.2 Å². The number of nitrogens with zero attached hydrogens (tertiary/aromatic N) is 6. The van der Waals surface area contributed by atoms with Gasteiger partial charge in [-0.3, -0.25) is 9.78 Å². The molecule has 1 aliphatic heterocycles. The van der Waals surface area contributed by atoms with Crippen LogP contribution in [0.5, 0.6) is 0 Å². The first-order valence-electron chi connectivity index (χ1n) is 9.15. The van der Waals surface area contributed by atoms with Gasteiger partial charge in [0.05, 0.1) is 0 Å². The lowest BCUT2D eigenvalue weighted by Gasteiger charge is -2.35. The van der Waals surface area contributed by atoms with E-state index in [1.54, 1.807) is 37.1 Å². The zero-order valence-corrected chi connectivity index (χ0v) is 15.6. The van der Waals surface area contributed by atoms with E-state index in [2.05, 4.69) is 30.2 Å². The van der Waals surface area contributed by atoms with Crippen LogP contribution in [0, 0.1) is 6.92 Å². The Labute approximate surface area is 163 Å². The van der Waals surface area contributed by atoms with Crippen LogP contribution in [0.3, 0.4) is 0 Å². The van der Waals surface area contributed by atoms with Gasteiger partial charge in [0, 0.05) is 56.4 Å². The summed E-state index contributed by atoms with van der Waals surface area (Å²) in [6.45, 7) is 4.75. The highest BCUT2D eigenvalue weighted by atomic mass is 16.2. The highest BCUT2D eigenvalue weighted by molar-refractivity contribution is 5.94. The van der Waals surface area contributed by atoms with E-state index in [-0.39, 0.29) is 5.91 Å². The number of anilines is 3. The highest BCUT2D eigenvalue weighted by Gasteiger charge is 2.23. The van der Waals surface area contributed by atoms with Crippen LogP contribution in [0.15, 0.2) is 55.2 Å². The highest BCUT2D eigenvalue weighted by Crippen LogP contribution is 2.19. The van der Waals surface area contributed by atoms with Gasteiger partial charge in [-0.25, -0.2) is 15.0 Å². The van der Waals surface area contributed by atoms with Gasteiger partial charge in [-0.15, -0.1) is 0 Å². The summed E-state index contributed by atoms with van der Waals surface area (Å²) < 4.78 is 0. The molecule has 0 aromatic carbocycles. The van der Waals surface area contributed by atoms with Crippen LogP contribution in [0.25, 0.3) is 0 Å². The minimum absolute atomic E-state index is 0.0395. The van der Waals surface area contributed by atoms with Gasteiger partial charge in [-0.2, -0.15) is 0 Å². The fourth-order valence-corrected chi connectivity index (χ4v) is 3.14. The molecule has 1 N–H and O–H groups in total. The van der Waals surface area contributed by atoms with Crippen molar-refractivity contribution in [3.8, 4) is 0 Å². The van der Waals surface area contributed by atoms with Crippen molar-refractivity contribution in [1.29, 1.82) is 0 Å². The Balaban J connectivity index is 1.40. The monoisotopic (exact) mass is 375 g/mol. The van der Waals surface area contributed by atoms with Crippen molar-refractivity contribution in [3.63, 3.8) is 0 Å². The predicted molar refractivity (Wildman–Crippen MR) is 107 cm³/mol. The average Bonchev–Trinajstić information content (AvgIpc) is 2.74. The van der Waals surface area contributed by atoms with E-state index in [0.29, 0.717) is 24.5 Å². The molecule has 1 fully saturated rings. The summed E-state index contributed by atoms with van der Waals surface area (Å²) in [6, 6.07) is 9.31. The maximum atomic E-state index is 12.6. The average molecular weight is 375 g/mol. The van der Waals surface area contributed by atoms with Gasteiger partial charge in [-0.05, 0) is 36.8 Å². The Hall–Kier alpha value is -3.55. The van der Waals surface area contributed by atoms with Gasteiger partial charge in [-0.1, -0.05) is 0 Å². The van der Waals surface area contributed by atoms with Gasteiger partial charge in [0.15, 0.2) is 0 Å². The summed E-state index contributed by atoms with van der Waals surface area (Å²) in [5.74, 6) is 2.31. The third kappa shape index (κ3) is 4.06. The number of hydrogen-bond acceptors (Lipinski definition) is 7. The van der Waals surface area contributed by atoms with Crippen LogP contribution in [-0.2, 0) is 0 Å². The van der Waals surface area contributed by atoms with Crippen LogP contribution in [-0.4, -0.2) is 56.9 Å². The summed E-state index contributed by atoms with van der Waals surface area (Å²) in [4.78, 5) is 33.5. The van der Waals surface area contributed by atoms with Crippen molar-refractivity contribution in [1.82, 2.24) is 24.8 Å².